The standard InChI is InChI=1S/C14H11BrO4S/c15-11-7-4-8-12(9-11)20(18,19)13(14(16)17)10-5-2-1-3-6-10/h1-9,13H,(H,16,17). The van der Waals surface area contributed by atoms with Gasteiger partial charge in [-0.15, -0.1) is 0 Å². The maximum Gasteiger partial charge on any atom is 0.326 e. The van der Waals surface area contributed by atoms with Crippen LogP contribution in [0.4, 0.5) is 0 Å². The molecule has 6 heteroatoms. The van der Waals surface area contributed by atoms with Gasteiger partial charge in [0.2, 0.25) is 0 Å². The highest BCUT2D eigenvalue weighted by Crippen LogP contribution is 2.30. The Morgan fingerprint density at radius 2 is 1.70 bits per heavy atom. The fourth-order valence-corrected chi connectivity index (χ4v) is 4.03. The van der Waals surface area contributed by atoms with Crippen LogP contribution in [0.1, 0.15) is 10.8 Å². The molecule has 0 radical (unpaired) electrons. The molecule has 0 aliphatic rings. The number of halogens is 1. The predicted molar refractivity (Wildman–Crippen MR) is 78.1 cm³/mol. The molecule has 1 N–H and O–H groups in total. The average molecular weight is 355 g/mol. The van der Waals surface area contributed by atoms with Gasteiger partial charge in [-0.05, 0) is 23.8 Å². The van der Waals surface area contributed by atoms with E-state index in [4.69, 9.17) is 0 Å². The lowest BCUT2D eigenvalue weighted by molar-refractivity contribution is -0.136. The Hall–Kier alpha value is -1.66. The van der Waals surface area contributed by atoms with Gasteiger partial charge in [-0.25, -0.2) is 8.42 Å². The molecule has 0 saturated heterocycles. The van der Waals surface area contributed by atoms with Gasteiger partial charge in [0.05, 0.1) is 4.90 Å². The molecular formula is C14H11BrO4S. The van der Waals surface area contributed by atoms with Crippen LogP contribution < -0.4 is 0 Å². The first-order chi connectivity index (χ1) is 9.43. The van der Waals surface area contributed by atoms with Crippen LogP contribution in [0.2, 0.25) is 0 Å². The van der Waals surface area contributed by atoms with E-state index in [1.165, 1.54) is 24.3 Å². The molecule has 0 heterocycles. The Morgan fingerprint density at radius 1 is 1.05 bits per heavy atom. The van der Waals surface area contributed by atoms with Gasteiger partial charge in [-0.1, -0.05) is 52.3 Å². The molecule has 20 heavy (non-hydrogen) atoms. The zero-order valence-corrected chi connectivity index (χ0v) is 12.6. The molecule has 0 aliphatic heterocycles. The molecule has 0 fully saturated rings. The summed E-state index contributed by atoms with van der Waals surface area (Å²) in [6.45, 7) is 0. The van der Waals surface area contributed by atoms with Crippen molar-refractivity contribution < 1.29 is 18.3 Å². The van der Waals surface area contributed by atoms with Crippen LogP contribution in [0.5, 0.6) is 0 Å². The Labute approximate surface area is 125 Å². The Morgan fingerprint density at radius 3 is 2.25 bits per heavy atom. The number of carbonyl (C=O) groups is 1. The summed E-state index contributed by atoms with van der Waals surface area (Å²) in [5.74, 6) is -1.39. The molecule has 4 nitrogen and oxygen atoms in total. The number of hydrogen-bond donors (Lipinski definition) is 1. The second kappa shape index (κ2) is 5.76. The zero-order valence-electron chi connectivity index (χ0n) is 10.2. The minimum absolute atomic E-state index is 0.0249. The molecule has 0 aliphatic carbocycles. The van der Waals surface area contributed by atoms with Crippen molar-refractivity contribution in [2.75, 3.05) is 0 Å². The van der Waals surface area contributed by atoms with Crippen LogP contribution in [0.3, 0.4) is 0 Å². The van der Waals surface area contributed by atoms with Gasteiger partial charge in [0.25, 0.3) is 0 Å². The average Bonchev–Trinajstić information content (AvgIpc) is 2.39. The molecule has 2 aromatic carbocycles. The Balaban J connectivity index is 2.57. The second-order valence-electron chi connectivity index (χ2n) is 4.13. The van der Waals surface area contributed by atoms with Gasteiger partial charge >= 0.3 is 5.97 Å². The summed E-state index contributed by atoms with van der Waals surface area (Å²) >= 11 is 3.19. The maximum absolute atomic E-state index is 12.5. The quantitative estimate of drug-likeness (QED) is 0.915. The summed E-state index contributed by atoms with van der Waals surface area (Å²) in [6.07, 6.45) is 0. The van der Waals surface area contributed by atoms with E-state index < -0.39 is 21.1 Å². The highest BCUT2D eigenvalue weighted by Gasteiger charge is 2.35. The van der Waals surface area contributed by atoms with Crippen molar-refractivity contribution in [1.82, 2.24) is 0 Å². The molecule has 0 bridgehead atoms. The minimum Gasteiger partial charge on any atom is -0.480 e. The summed E-state index contributed by atoms with van der Waals surface area (Å²) in [5.41, 5.74) is 0.236. The lowest BCUT2D eigenvalue weighted by atomic mass is 10.1. The largest absolute Gasteiger partial charge is 0.480 e. The van der Waals surface area contributed by atoms with Crippen LogP contribution in [-0.4, -0.2) is 19.5 Å². The number of carboxylic acid groups (broad SMARTS) is 1. The first kappa shape index (κ1) is 14.7. The third kappa shape index (κ3) is 2.91. The molecule has 1 unspecified atom stereocenters. The van der Waals surface area contributed by atoms with Crippen molar-refractivity contribution in [3.05, 3.63) is 64.6 Å². The molecule has 0 aromatic heterocycles. The molecule has 2 aromatic rings. The summed E-state index contributed by atoms with van der Waals surface area (Å²) < 4.78 is 25.6. The monoisotopic (exact) mass is 354 g/mol. The molecular weight excluding hydrogens is 344 g/mol. The van der Waals surface area contributed by atoms with Crippen molar-refractivity contribution in [2.45, 2.75) is 10.1 Å². The number of sulfone groups is 1. The van der Waals surface area contributed by atoms with E-state index in [-0.39, 0.29) is 10.5 Å². The van der Waals surface area contributed by atoms with Crippen molar-refractivity contribution in [1.29, 1.82) is 0 Å². The van der Waals surface area contributed by atoms with Crippen LogP contribution in [0, 0.1) is 0 Å². The van der Waals surface area contributed by atoms with E-state index >= 15 is 0 Å². The predicted octanol–water partition coefficient (Wildman–Crippen LogP) is 3.05. The molecule has 1 atom stereocenters. The van der Waals surface area contributed by atoms with E-state index in [1.54, 1.807) is 30.3 Å². The third-order valence-electron chi connectivity index (χ3n) is 2.76. The van der Waals surface area contributed by atoms with Gasteiger partial charge < -0.3 is 5.11 Å². The third-order valence-corrected chi connectivity index (χ3v) is 5.26. The number of hydrogen-bond acceptors (Lipinski definition) is 3. The number of carboxylic acids is 1. The summed E-state index contributed by atoms with van der Waals surface area (Å²) in [5, 5.41) is 7.69. The normalized spacial score (nSPS) is 12.8. The van der Waals surface area contributed by atoms with E-state index in [0.717, 1.165) is 0 Å². The lowest BCUT2D eigenvalue weighted by Crippen LogP contribution is -2.22. The van der Waals surface area contributed by atoms with E-state index in [0.29, 0.717) is 4.47 Å². The number of rotatable bonds is 4. The van der Waals surface area contributed by atoms with Crippen LogP contribution in [0.25, 0.3) is 0 Å². The van der Waals surface area contributed by atoms with E-state index in [9.17, 15) is 18.3 Å². The van der Waals surface area contributed by atoms with Crippen LogP contribution >= 0.6 is 15.9 Å². The Bertz CT molecular complexity index is 726. The van der Waals surface area contributed by atoms with Crippen molar-refractivity contribution in [3.63, 3.8) is 0 Å². The van der Waals surface area contributed by atoms with Crippen LogP contribution in [-0.2, 0) is 14.6 Å². The minimum atomic E-state index is -4.01. The van der Waals surface area contributed by atoms with Gasteiger partial charge in [0, 0.05) is 4.47 Å². The van der Waals surface area contributed by atoms with Gasteiger partial charge in [-0.3, -0.25) is 4.79 Å². The summed E-state index contributed by atoms with van der Waals surface area (Å²) in [6, 6.07) is 13.9. The van der Waals surface area contributed by atoms with Crippen molar-refractivity contribution >= 4 is 31.7 Å². The summed E-state index contributed by atoms with van der Waals surface area (Å²) in [4.78, 5) is 11.4. The molecule has 0 amide bonds. The smallest absolute Gasteiger partial charge is 0.326 e. The number of benzene rings is 2. The topological polar surface area (TPSA) is 71.4 Å². The fourth-order valence-electron chi connectivity index (χ4n) is 1.86. The second-order valence-corrected chi connectivity index (χ2v) is 7.08. The van der Waals surface area contributed by atoms with Gasteiger partial charge in [0.1, 0.15) is 0 Å². The highest BCUT2D eigenvalue weighted by molar-refractivity contribution is 9.10. The fraction of sp³-hybridized carbons (Fsp3) is 0.0714. The SMILES string of the molecule is O=C(O)C(c1ccccc1)S(=O)(=O)c1cccc(Br)c1. The zero-order chi connectivity index (χ0) is 14.8. The molecule has 104 valence electrons. The first-order valence-corrected chi connectivity index (χ1v) is 8.04. The Kier molecular flexibility index (Phi) is 4.25. The van der Waals surface area contributed by atoms with Crippen molar-refractivity contribution in [3.8, 4) is 0 Å². The molecule has 0 saturated carbocycles. The van der Waals surface area contributed by atoms with Crippen LogP contribution in [0.15, 0.2) is 64.0 Å². The molecule has 0 spiro atoms. The maximum atomic E-state index is 12.5. The van der Waals surface area contributed by atoms with E-state index in [2.05, 4.69) is 15.9 Å². The van der Waals surface area contributed by atoms with Crippen molar-refractivity contribution in [2.24, 2.45) is 0 Å². The highest BCUT2D eigenvalue weighted by atomic mass is 79.9. The van der Waals surface area contributed by atoms with Gasteiger partial charge in [-0.2, -0.15) is 0 Å². The molecule has 2 rings (SSSR count). The lowest BCUT2D eigenvalue weighted by Gasteiger charge is -2.14. The van der Waals surface area contributed by atoms with E-state index in [1.807, 2.05) is 0 Å². The first-order valence-electron chi connectivity index (χ1n) is 5.70. The van der Waals surface area contributed by atoms with Gasteiger partial charge in [0.15, 0.2) is 15.1 Å². The summed E-state index contributed by atoms with van der Waals surface area (Å²) in [7, 11) is -4.01. The number of aliphatic carboxylic acids is 1.